The lowest BCUT2D eigenvalue weighted by atomic mass is 9.74. The number of nitrogens with one attached hydrogen (secondary N) is 2. The number of rotatable bonds is 3. The average molecular weight is 426 g/mol. The quantitative estimate of drug-likeness (QED) is 0.595. The van der Waals surface area contributed by atoms with Gasteiger partial charge in [-0.3, -0.25) is 5.10 Å². The van der Waals surface area contributed by atoms with E-state index < -0.39 is 0 Å². The molecule has 8 heteroatoms. The lowest BCUT2D eigenvalue weighted by Crippen LogP contribution is -2.45. The highest BCUT2D eigenvalue weighted by Gasteiger charge is 2.46. The number of benzene rings is 1. The predicted molar refractivity (Wildman–Crippen MR) is 121 cm³/mol. The summed E-state index contributed by atoms with van der Waals surface area (Å²) in [4.78, 5) is 11.6. The van der Waals surface area contributed by atoms with Crippen LogP contribution in [0.5, 0.6) is 0 Å². The number of fused-ring (bicyclic) bond motifs is 1. The van der Waals surface area contributed by atoms with Crippen molar-refractivity contribution in [3.8, 4) is 11.3 Å². The molecule has 0 amide bonds. The number of anilines is 1. The van der Waals surface area contributed by atoms with Crippen molar-refractivity contribution in [1.29, 1.82) is 0 Å². The maximum absolute atomic E-state index is 6.67. The molecule has 1 saturated carbocycles. The van der Waals surface area contributed by atoms with Crippen LogP contribution in [0.4, 0.5) is 5.69 Å². The summed E-state index contributed by atoms with van der Waals surface area (Å²) in [6, 6.07) is 6.19. The first-order chi connectivity index (χ1) is 14.5. The smallest absolute Gasteiger partial charge is 0.200 e. The molecule has 2 atom stereocenters. The molecule has 1 aliphatic heterocycles. The van der Waals surface area contributed by atoms with E-state index in [0.29, 0.717) is 16.6 Å². The molecule has 2 fully saturated rings. The number of H-pyrrole nitrogens is 1. The molecular formula is C22H28ClN7. The number of piperidine rings is 1. The normalized spacial score (nSPS) is 23.3. The zero-order valence-electron chi connectivity index (χ0n) is 17.5. The van der Waals surface area contributed by atoms with Crippen LogP contribution in [0.2, 0.25) is 5.02 Å². The van der Waals surface area contributed by atoms with Crippen molar-refractivity contribution in [1.82, 2.24) is 25.5 Å². The van der Waals surface area contributed by atoms with Crippen molar-refractivity contribution in [2.24, 2.45) is 11.1 Å². The lowest BCUT2D eigenvalue weighted by Gasteiger charge is -2.37. The van der Waals surface area contributed by atoms with Crippen molar-refractivity contribution in [2.45, 2.75) is 37.6 Å². The summed E-state index contributed by atoms with van der Waals surface area (Å²) < 4.78 is 0. The number of nitrogens with two attached hydrogens (primary N) is 1. The van der Waals surface area contributed by atoms with E-state index in [-0.39, 0.29) is 11.5 Å². The highest BCUT2D eigenvalue weighted by Crippen LogP contribution is 2.50. The van der Waals surface area contributed by atoms with Gasteiger partial charge in [0.25, 0.3) is 0 Å². The first-order valence-electron chi connectivity index (χ1n) is 10.6. The zero-order valence-corrected chi connectivity index (χ0v) is 18.2. The Morgan fingerprint density at radius 1 is 1.23 bits per heavy atom. The van der Waals surface area contributed by atoms with Gasteiger partial charge in [0.1, 0.15) is 5.52 Å². The van der Waals surface area contributed by atoms with Gasteiger partial charge in [0.2, 0.25) is 5.65 Å². The Kier molecular flexibility index (Phi) is 4.92. The first kappa shape index (κ1) is 19.7. The van der Waals surface area contributed by atoms with Crippen LogP contribution in [0.15, 0.2) is 24.4 Å². The van der Waals surface area contributed by atoms with Crippen molar-refractivity contribution in [3.05, 3.63) is 35.1 Å². The van der Waals surface area contributed by atoms with E-state index in [1.165, 1.54) is 0 Å². The molecule has 1 aromatic carbocycles. The number of hydrogen-bond acceptors (Lipinski definition) is 6. The monoisotopic (exact) mass is 425 g/mol. The second-order valence-corrected chi connectivity index (χ2v) is 9.33. The standard InChI is InChI=1S/C22H28ClN7/c1-30(2)16-5-3-4-14(18(16)23)19-20-21(29-28-19)27-15(12-26-20)13-10-17(24)22(11-13)6-8-25-9-7-22/h3-5,12-13,17,25H,6-11,24H2,1-2H3,(H,27,28,29). The fraction of sp³-hybridized carbons (Fsp3) is 0.500. The van der Waals surface area contributed by atoms with Gasteiger partial charge in [0, 0.05) is 37.8 Å². The van der Waals surface area contributed by atoms with Crippen LogP contribution < -0.4 is 16.0 Å². The summed E-state index contributed by atoms with van der Waals surface area (Å²) in [5.41, 5.74) is 11.9. The lowest BCUT2D eigenvalue weighted by molar-refractivity contribution is 0.181. The maximum Gasteiger partial charge on any atom is 0.200 e. The second-order valence-electron chi connectivity index (χ2n) is 8.95. The molecule has 3 heterocycles. The van der Waals surface area contributed by atoms with Crippen LogP contribution >= 0.6 is 11.6 Å². The fourth-order valence-corrected chi connectivity index (χ4v) is 5.65. The van der Waals surface area contributed by atoms with Crippen LogP contribution in [0, 0.1) is 5.41 Å². The molecule has 30 heavy (non-hydrogen) atoms. The van der Waals surface area contributed by atoms with Crippen LogP contribution in [0.1, 0.15) is 37.3 Å². The van der Waals surface area contributed by atoms with E-state index in [4.69, 9.17) is 27.3 Å². The fourth-order valence-electron chi connectivity index (χ4n) is 5.26. The Bertz CT molecular complexity index is 1070. The van der Waals surface area contributed by atoms with E-state index in [9.17, 15) is 0 Å². The summed E-state index contributed by atoms with van der Waals surface area (Å²) in [6.07, 6.45) is 6.25. The number of aromatic amines is 1. The molecule has 5 rings (SSSR count). The van der Waals surface area contributed by atoms with Gasteiger partial charge in [0.05, 0.1) is 22.1 Å². The zero-order chi connectivity index (χ0) is 20.9. The number of aromatic nitrogens is 4. The number of hydrogen-bond donors (Lipinski definition) is 3. The first-order valence-corrected chi connectivity index (χ1v) is 11.0. The molecule has 4 N–H and O–H groups in total. The Morgan fingerprint density at radius 3 is 2.80 bits per heavy atom. The predicted octanol–water partition coefficient (Wildman–Crippen LogP) is 3.31. The van der Waals surface area contributed by atoms with Gasteiger partial charge in [-0.15, -0.1) is 0 Å². The third kappa shape index (κ3) is 3.16. The minimum Gasteiger partial charge on any atom is -0.376 e. The van der Waals surface area contributed by atoms with E-state index in [2.05, 4.69) is 15.5 Å². The molecule has 7 nitrogen and oxygen atoms in total. The van der Waals surface area contributed by atoms with Crippen LogP contribution in [0.3, 0.4) is 0 Å². The van der Waals surface area contributed by atoms with Crippen LogP contribution in [-0.4, -0.2) is 53.4 Å². The third-order valence-corrected chi connectivity index (χ3v) is 7.41. The van der Waals surface area contributed by atoms with Crippen molar-refractivity contribution >= 4 is 28.5 Å². The van der Waals surface area contributed by atoms with Crippen LogP contribution in [-0.2, 0) is 0 Å². The third-order valence-electron chi connectivity index (χ3n) is 7.01. The van der Waals surface area contributed by atoms with Gasteiger partial charge >= 0.3 is 0 Å². The molecule has 0 bridgehead atoms. The molecule has 158 valence electrons. The molecule has 2 aliphatic rings. The number of nitrogens with zero attached hydrogens (tertiary/aromatic N) is 4. The highest BCUT2D eigenvalue weighted by atomic mass is 35.5. The molecule has 1 saturated heterocycles. The summed E-state index contributed by atoms with van der Waals surface area (Å²) in [6.45, 7) is 2.11. The van der Waals surface area contributed by atoms with Crippen molar-refractivity contribution < 1.29 is 0 Å². The van der Waals surface area contributed by atoms with E-state index >= 15 is 0 Å². The summed E-state index contributed by atoms with van der Waals surface area (Å²) >= 11 is 6.67. The summed E-state index contributed by atoms with van der Waals surface area (Å²) in [7, 11) is 3.95. The van der Waals surface area contributed by atoms with Gasteiger partial charge in [-0.25, -0.2) is 9.97 Å². The molecule has 3 aromatic rings. The number of halogens is 1. The minimum absolute atomic E-state index is 0.226. The average Bonchev–Trinajstić information content (AvgIpc) is 3.30. The van der Waals surface area contributed by atoms with Crippen LogP contribution in [0.25, 0.3) is 22.4 Å². The highest BCUT2D eigenvalue weighted by molar-refractivity contribution is 6.36. The molecule has 2 unspecified atom stereocenters. The van der Waals surface area contributed by atoms with Gasteiger partial charge < -0.3 is 16.0 Å². The Morgan fingerprint density at radius 2 is 2.03 bits per heavy atom. The van der Waals surface area contributed by atoms with Gasteiger partial charge in [0.15, 0.2) is 0 Å². The Balaban J connectivity index is 1.47. The molecule has 2 aromatic heterocycles. The van der Waals surface area contributed by atoms with E-state index in [1.807, 2.05) is 43.4 Å². The van der Waals surface area contributed by atoms with Crippen molar-refractivity contribution in [3.63, 3.8) is 0 Å². The largest absolute Gasteiger partial charge is 0.376 e. The SMILES string of the molecule is CN(C)c1cccc(-c2[nH]nc3nc(C4CC(N)C5(CCNCC5)C4)cnc23)c1Cl. The topological polar surface area (TPSA) is 95.8 Å². The Hall–Kier alpha value is -2.22. The second kappa shape index (κ2) is 7.48. The Labute approximate surface area is 181 Å². The minimum atomic E-state index is 0.226. The van der Waals surface area contributed by atoms with Gasteiger partial charge in [-0.1, -0.05) is 23.7 Å². The molecule has 1 aliphatic carbocycles. The van der Waals surface area contributed by atoms with Crippen molar-refractivity contribution in [2.75, 3.05) is 32.1 Å². The van der Waals surface area contributed by atoms with E-state index in [0.717, 1.165) is 66.9 Å². The summed E-state index contributed by atoms with van der Waals surface area (Å²) in [5, 5.41) is 11.7. The van der Waals surface area contributed by atoms with E-state index in [1.54, 1.807) is 0 Å². The van der Waals surface area contributed by atoms with Gasteiger partial charge in [-0.05, 0) is 50.3 Å². The molecular weight excluding hydrogens is 398 g/mol. The molecule has 0 radical (unpaired) electrons. The molecule has 1 spiro atoms. The maximum atomic E-state index is 6.67. The van der Waals surface area contributed by atoms with Gasteiger partial charge in [-0.2, -0.15) is 5.10 Å². The summed E-state index contributed by atoms with van der Waals surface area (Å²) in [5.74, 6) is 0.343.